The Morgan fingerprint density at radius 1 is 1.14 bits per heavy atom. The van der Waals surface area contributed by atoms with Crippen molar-refractivity contribution in [3.63, 3.8) is 0 Å². The zero-order valence-electron chi connectivity index (χ0n) is 15.1. The third-order valence-electron chi connectivity index (χ3n) is 4.38. The molecule has 0 aliphatic rings. The topological polar surface area (TPSA) is 144 Å². The van der Waals surface area contributed by atoms with E-state index in [9.17, 15) is 19.7 Å². The first-order chi connectivity index (χ1) is 13.8. The number of nitro benzene ring substituents is 1. The van der Waals surface area contributed by atoms with Gasteiger partial charge in [0.15, 0.2) is 15.9 Å². The number of nitrogens with zero attached hydrogens (tertiary/aromatic N) is 7. The van der Waals surface area contributed by atoms with Crippen LogP contribution in [-0.4, -0.2) is 33.8 Å². The molecule has 0 fully saturated rings. The van der Waals surface area contributed by atoms with Gasteiger partial charge in [-0.3, -0.25) is 28.6 Å². The molecule has 0 saturated carbocycles. The lowest BCUT2D eigenvalue weighted by atomic mass is 10.2. The summed E-state index contributed by atoms with van der Waals surface area (Å²) in [4.78, 5) is 39.0. The van der Waals surface area contributed by atoms with Gasteiger partial charge in [-0.15, -0.1) is 10.2 Å². The van der Waals surface area contributed by atoms with Crippen LogP contribution in [0.2, 0.25) is 0 Å². The third-order valence-corrected chi connectivity index (χ3v) is 4.98. The van der Waals surface area contributed by atoms with Crippen LogP contribution in [0.15, 0.2) is 43.0 Å². The summed E-state index contributed by atoms with van der Waals surface area (Å²) in [6, 6.07) is 5.69. The summed E-state index contributed by atoms with van der Waals surface area (Å²) < 4.78 is 9.81. The van der Waals surface area contributed by atoms with Crippen LogP contribution >= 0.6 is 15.9 Å². The molecule has 0 amide bonds. The van der Waals surface area contributed by atoms with E-state index >= 15 is 0 Å². The monoisotopic (exact) mass is 461 g/mol. The first-order valence-corrected chi connectivity index (χ1v) is 8.96. The number of imidazole rings is 1. The molecular weight excluding hydrogens is 450 g/mol. The highest BCUT2D eigenvalue weighted by Crippen LogP contribution is 2.23. The Morgan fingerprint density at radius 2 is 1.83 bits per heavy atom. The van der Waals surface area contributed by atoms with Crippen molar-refractivity contribution in [2.24, 2.45) is 14.1 Å². The van der Waals surface area contributed by atoms with Crippen LogP contribution in [-0.2, 0) is 20.6 Å². The van der Waals surface area contributed by atoms with Crippen LogP contribution in [0.5, 0.6) is 0 Å². The van der Waals surface area contributed by atoms with Crippen LogP contribution in [0.4, 0.5) is 5.69 Å². The molecule has 29 heavy (non-hydrogen) atoms. The normalized spacial score (nSPS) is 11.3. The average Bonchev–Trinajstić information content (AvgIpc) is 3.30. The van der Waals surface area contributed by atoms with Crippen molar-refractivity contribution in [2.45, 2.75) is 6.54 Å². The van der Waals surface area contributed by atoms with Gasteiger partial charge in [0.2, 0.25) is 11.8 Å². The second kappa shape index (κ2) is 6.77. The Labute approximate surface area is 169 Å². The number of aromatic nitrogens is 6. The number of nitro groups is 1. The Kier molecular flexibility index (Phi) is 4.38. The van der Waals surface area contributed by atoms with Gasteiger partial charge in [0, 0.05) is 31.8 Å². The molecule has 4 rings (SSSR count). The summed E-state index contributed by atoms with van der Waals surface area (Å²) in [6.45, 7) is 0.0531. The first-order valence-electron chi connectivity index (χ1n) is 8.17. The lowest BCUT2D eigenvalue weighted by Crippen LogP contribution is -2.37. The molecule has 1 aromatic carbocycles. The lowest BCUT2D eigenvalue weighted by molar-refractivity contribution is -0.384. The molecule has 0 aliphatic carbocycles. The summed E-state index contributed by atoms with van der Waals surface area (Å²) in [5.41, 5.74) is -0.112. The molecule has 0 radical (unpaired) electrons. The van der Waals surface area contributed by atoms with Crippen LogP contribution in [0.25, 0.3) is 22.6 Å². The fourth-order valence-electron chi connectivity index (χ4n) is 2.90. The number of benzene rings is 1. The Hall–Kier alpha value is -3.61. The molecule has 0 spiro atoms. The van der Waals surface area contributed by atoms with Crippen molar-refractivity contribution in [3.05, 3.63) is 65.8 Å². The Bertz CT molecular complexity index is 1380. The van der Waals surface area contributed by atoms with Crippen molar-refractivity contribution >= 4 is 32.8 Å². The minimum atomic E-state index is -0.514. The van der Waals surface area contributed by atoms with Gasteiger partial charge in [-0.05, 0) is 28.1 Å². The van der Waals surface area contributed by atoms with Gasteiger partial charge in [0.05, 0.1) is 4.92 Å². The van der Waals surface area contributed by atoms with Gasteiger partial charge in [-0.25, -0.2) is 9.78 Å². The highest BCUT2D eigenvalue weighted by molar-refractivity contribution is 9.10. The molecule has 3 aromatic heterocycles. The Balaban J connectivity index is 1.73. The second-order valence-corrected chi connectivity index (χ2v) is 6.86. The maximum absolute atomic E-state index is 12.3. The number of aryl methyl sites for hydroxylation is 1. The summed E-state index contributed by atoms with van der Waals surface area (Å²) in [5, 5.41) is 18.7. The van der Waals surface area contributed by atoms with Crippen LogP contribution in [0.1, 0.15) is 5.89 Å². The molecule has 0 N–H and O–H groups in total. The van der Waals surface area contributed by atoms with E-state index < -0.39 is 16.2 Å². The van der Waals surface area contributed by atoms with E-state index in [1.54, 1.807) is 4.57 Å². The van der Waals surface area contributed by atoms with E-state index in [1.807, 2.05) is 0 Å². The highest BCUT2D eigenvalue weighted by Gasteiger charge is 2.20. The predicted octanol–water partition coefficient (Wildman–Crippen LogP) is 1.20. The standard InChI is InChI=1S/C16H12BrN7O5/c1-21-13-11(14(25)22(2)16(21)26)18-15(17)23(13)7-10-19-20-12(29-10)8-3-5-9(6-4-8)24(27)28/h3-6H,7H2,1-2H3. The van der Waals surface area contributed by atoms with Crippen molar-refractivity contribution < 1.29 is 9.34 Å². The maximum Gasteiger partial charge on any atom is 0.332 e. The van der Waals surface area contributed by atoms with Crippen LogP contribution in [0, 0.1) is 10.1 Å². The molecule has 148 valence electrons. The van der Waals surface area contributed by atoms with E-state index in [1.165, 1.54) is 42.9 Å². The molecule has 0 bridgehead atoms. The first kappa shape index (κ1) is 18.7. The summed E-state index contributed by atoms with van der Waals surface area (Å²) in [5.74, 6) is 0.381. The van der Waals surface area contributed by atoms with E-state index in [-0.39, 0.29) is 29.5 Å². The van der Waals surface area contributed by atoms with E-state index in [0.29, 0.717) is 15.9 Å². The average molecular weight is 462 g/mol. The molecule has 3 heterocycles. The zero-order valence-corrected chi connectivity index (χ0v) is 16.7. The molecule has 13 heteroatoms. The number of fused-ring (bicyclic) bond motifs is 1. The largest absolute Gasteiger partial charge is 0.419 e. The van der Waals surface area contributed by atoms with Crippen molar-refractivity contribution in [2.75, 3.05) is 0 Å². The molecule has 4 aromatic rings. The smallest absolute Gasteiger partial charge is 0.332 e. The number of non-ortho nitro benzene ring substituents is 1. The highest BCUT2D eigenvalue weighted by atomic mass is 79.9. The number of hydrogen-bond donors (Lipinski definition) is 0. The molecule has 0 atom stereocenters. The SMILES string of the molecule is Cn1c(=O)c2nc(Br)n(Cc3nnc(-c4ccc([N+](=O)[O-])cc4)o3)c2n(C)c1=O. The molecule has 0 aliphatic heterocycles. The third kappa shape index (κ3) is 3.04. The maximum atomic E-state index is 12.3. The van der Waals surface area contributed by atoms with Gasteiger partial charge in [-0.2, -0.15) is 0 Å². The number of halogens is 1. The van der Waals surface area contributed by atoms with E-state index in [0.717, 1.165) is 4.57 Å². The van der Waals surface area contributed by atoms with Crippen LogP contribution in [0.3, 0.4) is 0 Å². The van der Waals surface area contributed by atoms with Gasteiger partial charge >= 0.3 is 5.69 Å². The van der Waals surface area contributed by atoms with Gasteiger partial charge in [-0.1, -0.05) is 0 Å². The quantitative estimate of drug-likeness (QED) is 0.250. The van der Waals surface area contributed by atoms with Gasteiger partial charge in [0.25, 0.3) is 11.2 Å². The van der Waals surface area contributed by atoms with Crippen molar-refractivity contribution in [1.29, 1.82) is 0 Å². The second-order valence-electron chi connectivity index (χ2n) is 6.15. The minimum absolute atomic E-state index is 0.0511. The van der Waals surface area contributed by atoms with Crippen molar-refractivity contribution in [1.82, 2.24) is 28.9 Å². The zero-order chi connectivity index (χ0) is 20.9. The summed E-state index contributed by atoms with van der Waals surface area (Å²) >= 11 is 3.29. The minimum Gasteiger partial charge on any atom is -0.419 e. The number of rotatable bonds is 4. The van der Waals surface area contributed by atoms with Crippen molar-refractivity contribution in [3.8, 4) is 11.5 Å². The van der Waals surface area contributed by atoms with E-state index in [2.05, 4.69) is 31.1 Å². The Morgan fingerprint density at radius 3 is 2.48 bits per heavy atom. The van der Waals surface area contributed by atoms with Crippen LogP contribution < -0.4 is 11.2 Å². The van der Waals surface area contributed by atoms with Gasteiger partial charge in [0.1, 0.15) is 6.54 Å². The fraction of sp³-hybridized carbons (Fsp3) is 0.188. The van der Waals surface area contributed by atoms with Gasteiger partial charge < -0.3 is 4.42 Å². The number of hydrogen-bond acceptors (Lipinski definition) is 8. The molecule has 0 saturated heterocycles. The summed E-state index contributed by atoms with van der Waals surface area (Å²) in [6.07, 6.45) is 0. The van der Waals surface area contributed by atoms with E-state index in [4.69, 9.17) is 4.42 Å². The fourth-order valence-corrected chi connectivity index (χ4v) is 3.37. The predicted molar refractivity (Wildman–Crippen MR) is 103 cm³/mol. The summed E-state index contributed by atoms with van der Waals surface area (Å²) in [7, 11) is 2.91. The molecule has 12 nitrogen and oxygen atoms in total. The molecule has 0 unspecified atom stereocenters. The molecular formula is C16H12BrN7O5. The lowest BCUT2D eigenvalue weighted by Gasteiger charge is -2.07.